The number of carbonyl (C=O) groups excluding carboxylic acids is 2. The summed E-state index contributed by atoms with van der Waals surface area (Å²) in [5.74, 6) is -1.53. The van der Waals surface area contributed by atoms with E-state index < -0.39 is 11.4 Å². The van der Waals surface area contributed by atoms with Gasteiger partial charge in [0.05, 0.1) is 17.3 Å². The average molecular weight is 279 g/mol. The fraction of sp³-hybridized carbons (Fsp3) is 0.538. The molecule has 1 fully saturated rings. The minimum Gasteiger partial charge on any atom is -0.480 e. The summed E-state index contributed by atoms with van der Waals surface area (Å²) in [4.78, 5) is 36.3. The highest BCUT2D eigenvalue weighted by atomic mass is 16.4. The molecule has 0 aromatic carbocycles. The summed E-state index contributed by atoms with van der Waals surface area (Å²) in [6.07, 6.45) is 2.90. The molecule has 108 valence electrons. The number of imide groups is 1. The molecular formula is C13H17N3O4. The molecule has 20 heavy (non-hydrogen) atoms. The Morgan fingerprint density at radius 1 is 1.50 bits per heavy atom. The van der Waals surface area contributed by atoms with Crippen LogP contribution in [0.25, 0.3) is 0 Å². The molecule has 7 nitrogen and oxygen atoms in total. The Kier molecular flexibility index (Phi) is 3.37. The molecule has 1 atom stereocenters. The predicted molar refractivity (Wildman–Crippen MR) is 69.9 cm³/mol. The zero-order valence-corrected chi connectivity index (χ0v) is 11.7. The van der Waals surface area contributed by atoms with E-state index in [4.69, 9.17) is 5.11 Å². The Morgan fingerprint density at radius 3 is 2.65 bits per heavy atom. The quantitative estimate of drug-likeness (QED) is 0.826. The van der Waals surface area contributed by atoms with Gasteiger partial charge in [-0.2, -0.15) is 5.10 Å². The van der Waals surface area contributed by atoms with Crippen LogP contribution in [0.1, 0.15) is 27.2 Å². The first-order valence-electron chi connectivity index (χ1n) is 6.37. The van der Waals surface area contributed by atoms with Gasteiger partial charge in [-0.05, 0) is 12.8 Å². The summed E-state index contributed by atoms with van der Waals surface area (Å²) < 4.78 is 1.18. The molecule has 0 saturated carbocycles. The van der Waals surface area contributed by atoms with Crippen LogP contribution in [0.3, 0.4) is 0 Å². The second-order valence-electron chi connectivity index (χ2n) is 5.57. The van der Waals surface area contributed by atoms with E-state index in [0.717, 1.165) is 4.90 Å². The summed E-state index contributed by atoms with van der Waals surface area (Å²) in [7, 11) is 0. The van der Waals surface area contributed by atoms with Gasteiger partial charge in [-0.3, -0.25) is 19.1 Å². The van der Waals surface area contributed by atoms with E-state index in [1.54, 1.807) is 6.92 Å². The number of anilines is 1. The van der Waals surface area contributed by atoms with Crippen molar-refractivity contribution in [3.05, 3.63) is 12.4 Å². The molecule has 1 aliphatic rings. The van der Waals surface area contributed by atoms with Crippen molar-refractivity contribution in [3.8, 4) is 0 Å². The monoisotopic (exact) mass is 279 g/mol. The van der Waals surface area contributed by atoms with E-state index in [-0.39, 0.29) is 30.7 Å². The zero-order chi connectivity index (χ0) is 15.1. The van der Waals surface area contributed by atoms with E-state index >= 15 is 0 Å². The predicted octanol–water partition coefficient (Wildman–Crippen LogP) is 0.893. The van der Waals surface area contributed by atoms with Gasteiger partial charge < -0.3 is 5.11 Å². The highest BCUT2D eigenvalue weighted by molar-refractivity contribution is 6.22. The average Bonchev–Trinajstić information content (AvgIpc) is 2.83. The lowest BCUT2D eigenvalue weighted by Crippen LogP contribution is -2.36. The molecule has 0 spiro atoms. The summed E-state index contributed by atoms with van der Waals surface area (Å²) in [6.45, 7) is 5.28. The number of amides is 2. The van der Waals surface area contributed by atoms with Gasteiger partial charge in [-0.25, -0.2) is 4.90 Å². The van der Waals surface area contributed by atoms with Crippen molar-refractivity contribution in [1.29, 1.82) is 0 Å². The van der Waals surface area contributed by atoms with Gasteiger partial charge in [0.1, 0.15) is 6.54 Å². The molecular weight excluding hydrogens is 262 g/mol. The lowest BCUT2D eigenvalue weighted by Gasteiger charge is -2.25. The largest absolute Gasteiger partial charge is 0.480 e. The van der Waals surface area contributed by atoms with E-state index in [1.165, 1.54) is 17.1 Å². The van der Waals surface area contributed by atoms with Gasteiger partial charge in [0.25, 0.3) is 0 Å². The van der Waals surface area contributed by atoms with Gasteiger partial charge in [0, 0.05) is 12.6 Å². The van der Waals surface area contributed by atoms with Gasteiger partial charge in [-0.1, -0.05) is 13.8 Å². The minimum atomic E-state index is -1.04. The standard InChI is InChI=1S/C13H17N3O4/c1-8(2)13(3)4-10(17)16(12(13)20)9-5-14-15(6-9)7-11(18)19/h5-6,8H,4,7H2,1-3H3,(H,18,19). The van der Waals surface area contributed by atoms with Crippen LogP contribution in [0.15, 0.2) is 12.4 Å². The maximum atomic E-state index is 12.5. The van der Waals surface area contributed by atoms with Crippen LogP contribution in [-0.4, -0.2) is 32.7 Å². The Hall–Kier alpha value is -2.18. The van der Waals surface area contributed by atoms with Crippen molar-refractivity contribution in [2.75, 3.05) is 4.90 Å². The zero-order valence-electron chi connectivity index (χ0n) is 11.7. The summed E-state index contributed by atoms with van der Waals surface area (Å²) >= 11 is 0. The molecule has 0 aliphatic carbocycles. The number of aliphatic carboxylic acids is 1. The first-order chi connectivity index (χ1) is 9.25. The Labute approximate surface area is 116 Å². The van der Waals surface area contributed by atoms with E-state index in [0.29, 0.717) is 5.69 Å². The van der Waals surface area contributed by atoms with Crippen LogP contribution < -0.4 is 4.90 Å². The van der Waals surface area contributed by atoms with Gasteiger partial charge in [-0.15, -0.1) is 0 Å². The number of nitrogens with zero attached hydrogens (tertiary/aromatic N) is 3. The van der Waals surface area contributed by atoms with Crippen LogP contribution in [0.4, 0.5) is 5.69 Å². The fourth-order valence-electron chi connectivity index (χ4n) is 2.24. The fourth-order valence-corrected chi connectivity index (χ4v) is 2.24. The number of aromatic nitrogens is 2. The van der Waals surface area contributed by atoms with Crippen molar-refractivity contribution in [2.24, 2.45) is 11.3 Å². The SMILES string of the molecule is CC(C)C1(C)CC(=O)N(c2cnn(CC(=O)O)c2)C1=O. The van der Waals surface area contributed by atoms with Crippen LogP contribution >= 0.6 is 0 Å². The molecule has 0 radical (unpaired) electrons. The molecule has 1 N–H and O–H groups in total. The lowest BCUT2D eigenvalue weighted by atomic mass is 9.78. The molecule has 1 aromatic rings. The Balaban J connectivity index is 2.29. The van der Waals surface area contributed by atoms with Crippen LogP contribution in [0.5, 0.6) is 0 Å². The molecule has 0 bridgehead atoms. The second-order valence-corrected chi connectivity index (χ2v) is 5.57. The number of rotatable bonds is 4. The number of carboxylic acids is 1. The number of hydrogen-bond acceptors (Lipinski definition) is 4. The maximum Gasteiger partial charge on any atom is 0.325 e. The van der Waals surface area contributed by atoms with E-state index in [9.17, 15) is 14.4 Å². The number of carboxylic acid groups (broad SMARTS) is 1. The normalized spacial score (nSPS) is 22.9. The third-order valence-corrected chi connectivity index (χ3v) is 3.91. The topological polar surface area (TPSA) is 92.5 Å². The van der Waals surface area contributed by atoms with Crippen molar-refractivity contribution >= 4 is 23.5 Å². The lowest BCUT2D eigenvalue weighted by molar-refractivity contribution is -0.138. The van der Waals surface area contributed by atoms with Crippen molar-refractivity contribution in [2.45, 2.75) is 33.7 Å². The Bertz CT molecular complexity index is 578. The van der Waals surface area contributed by atoms with Crippen LogP contribution in [0, 0.1) is 11.3 Å². The summed E-state index contributed by atoms with van der Waals surface area (Å²) in [5.41, 5.74) is -0.392. The molecule has 1 aliphatic heterocycles. The third-order valence-electron chi connectivity index (χ3n) is 3.91. The van der Waals surface area contributed by atoms with Crippen LogP contribution in [0.2, 0.25) is 0 Å². The van der Waals surface area contributed by atoms with Gasteiger partial charge in [0.2, 0.25) is 11.8 Å². The first-order valence-corrected chi connectivity index (χ1v) is 6.37. The molecule has 2 rings (SSSR count). The molecule has 7 heteroatoms. The summed E-state index contributed by atoms with van der Waals surface area (Å²) in [6, 6.07) is 0. The number of carbonyl (C=O) groups is 3. The van der Waals surface area contributed by atoms with Crippen molar-refractivity contribution in [1.82, 2.24) is 9.78 Å². The van der Waals surface area contributed by atoms with Crippen LogP contribution in [-0.2, 0) is 20.9 Å². The molecule has 1 saturated heterocycles. The minimum absolute atomic E-state index is 0.0398. The third kappa shape index (κ3) is 2.19. The maximum absolute atomic E-state index is 12.5. The van der Waals surface area contributed by atoms with Gasteiger partial charge in [0.15, 0.2) is 0 Å². The first kappa shape index (κ1) is 14.2. The van der Waals surface area contributed by atoms with E-state index in [1.807, 2.05) is 13.8 Å². The molecule has 2 heterocycles. The van der Waals surface area contributed by atoms with Gasteiger partial charge >= 0.3 is 5.97 Å². The second kappa shape index (κ2) is 4.73. The smallest absolute Gasteiger partial charge is 0.325 e. The van der Waals surface area contributed by atoms with E-state index in [2.05, 4.69) is 5.10 Å². The summed E-state index contributed by atoms with van der Waals surface area (Å²) in [5, 5.41) is 12.5. The van der Waals surface area contributed by atoms with Crippen molar-refractivity contribution in [3.63, 3.8) is 0 Å². The molecule has 1 aromatic heterocycles. The van der Waals surface area contributed by atoms with Crippen molar-refractivity contribution < 1.29 is 19.5 Å². The molecule has 2 amide bonds. The highest BCUT2D eigenvalue weighted by Gasteiger charge is 2.50. The molecule has 1 unspecified atom stereocenters. The Morgan fingerprint density at radius 2 is 2.15 bits per heavy atom. The number of hydrogen-bond donors (Lipinski definition) is 1. The highest BCUT2D eigenvalue weighted by Crippen LogP contribution is 2.41.